The van der Waals surface area contributed by atoms with Crippen molar-refractivity contribution in [3.63, 3.8) is 0 Å². The quantitative estimate of drug-likeness (QED) is 0.667. The Morgan fingerprint density at radius 3 is 2.62 bits per heavy atom. The molecule has 1 N–H and O–H groups in total. The van der Waals surface area contributed by atoms with Crippen molar-refractivity contribution in [2.24, 2.45) is 0 Å². The van der Waals surface area contributed by atoms with Gasteiger partial charge in [0.2, 0.25) is 5.91 Å². The van der Waals surface area contributed by atoms with Crippen LogP contribution in [0.3, 0.4) is 0 Å². The molecule has 1 amide bonds. The number of hydrogen-bond acceptors (Lipinski definition) is 5. The number of hydrogen-bond donors (Lipinski definition) is 1. The summed E-state index contributed by atoms with van der Waals surface area (Å²) in [7, 11) is 0. The third-order valence-electron chi connectivity index (χ3n) is 2.61. The van der Waals surface area contributed by atoms with Gasteiger partial charge in [-0.3, -0.25) is 4.79 Å². The van der Waals surface area contributed by atoms with Gasteiger partial charge < -0.3 is 5.32 Å². The molecule has 2 aromatic rings. The van der Waals surface area contributed by atoms with Crippen molar-refractivity contribution in [3.05, 3.63) is 34.3 Å². The Balaban J connectivity index is 2.13. The van der Waals surface area contributed by atoms with E-state index in [0.29, 0.717) is 3.95 Å². The number of para-hydroxylation sites is 1. The summed E-state index contributed by atoms with van der Waals surface area (Å²) < 4.78 is 3.21. The molecule has 1 heterocycles. The number of amides is 1. The number of nitrogens with zero attached hydrogens (tertiary/aromatic N) is 2. The van der Waals surface area contributed by atoms with E-state index in [0.717, 1.165) is 10.0 Å². The molecule has 7 heteroatoms. The van der Waals surface area contributed by atoms with Crippen molar-refractivity contribution in [1.29, 1.82) is 0 Å². The van der Waals surface area contributed by atoms with Crippen molar-refractivity contribution < 1.29 is 4.79 Å². The third kappa shape index (κ3) is 4.39. The summed E-state index contributed by atoms with van der Waals surface area (Å²) in [5.41, 5.74) is 0.935. The predicted octanol–water partition coefficient (Wildman–Crippen LogP) is 3.67. The summed E-state index contributed by atoms with van der Waals surface area (Å²) in [4.78, 5) is 11.9. The molecule has 0 aliphatic rings. The number of benzene rings is 1. The van der Waals surface area contributed by atoms with Crippen LogP contribution in [0, 0.1) is 3.95 Å². The summed E-state index contributed by atoms with van der Waals surface area (Å²) >= 11 is 8.20. The molecule has 0 radical (unpaired) electrons. The summed E-state index contributed by atoms with van der Waals surface area (Å²) in [5, 5.41) is 7.20. The summed E-state index contributed by atoms with van der Waals surface area (Å²) in [5.74, 6) is 0.0161. The van der Waals surface area contributed by atoms with Crippen molar-refractivity contribution in [2.45, 2.75) is 36.4 Å². The van der Waals surface area contributed by atoms with Crippen LogP contribution >= 0.6 is 35.3 Å². The number of rotatable bonds is 5. The number of nitrogens with one attached hydrogen (secondary N) is 1. The average molecular weight is 340 g/mol. The van der Waals surface area contributed by atoms with Crippen molar-refractivity contribution in [1.82, 2.24) is 15.1 Å². The lowest BCUT2D eigenvalue weighted by atomic mass is 10.3. The number of carbonyl (C=O) groups is 1. The Labute approximate surface area is 137 Å². The topological polar surface area (TPSA) is 46.9 Å². The Hall–Kier alpha value is -1.18. The van der Waals surface area contributed by atoms with E-state index in [9.17, 15) is 4.79 Å². The molecule has 21 heavy (non-hydrogen) atoms. The summed E-state index contributed by atoms with van der Waals surface area (Å²) in [6.45, 7) is 5.77. The first kappa shape index (κ1) is 16.2. The van der Waals surface area contributed by atoms with E-state index in [-0.39, 0.29) is 17.2 Å². The zero-order valence-corrected chi connectivity index (χ0v) is 14.5. The summed E-state index contributed by atoms with van der Waals surface area (Å²) in [6, 6.07) is 9.90. The van der Waals surface area contributed by atoms with E-state index in [1.807, 2.05) is 51.1 Å². The predicted molar refractivity (Wildman–Crippen MR) is 90.9 cm³/mol. The zero-order valence-electron chi connectivity index (χ0n) is 12.1. The minimum Gasteiger partial charge on any atom is -0.353 e. The SMILES string of the molecule is CC(C)NC(=O)[C@H](C)Sc1nn(-c2ccccc2)c(=S)s1. The first-order valence-corrected chi connectivity index (χ1v) is 8.70. The first-order chi connectivity index (χ1) is 9.97. The second kappa shape index (κ2) is 7.20. The number of thioether (sulfide) groups is 1. The van der Waals surface area contributed by atoms with E-state index in [2.05, 4.69) is 10.4 Å². The molecular formula is C14H17N3OS3. The number of carbonyl (C=O) groups excluding carboxylic acids is 1. The van der Waals surface area contributed by atoms with Gasteiger partial charge in [-0.15, -0.1) is 5.10 Å². The smallest absolute Gasteiger partial charge is 0.233 e. The molecular weight excluding hydrogens is 322 g/mol. The fourth-order valence-electron chi connectivity index (χ4n) is 1.65. The van der Waals surface area contributed by atoms with Gasteiger partial charge in [0, 0.05) is 6.04 Å². The zero-order chi connectivity index (χ0) is 15.4. The highest BCUT2D eigenvalue weighted by atomic mass is 32.2. The molecule has 1 aromatic heterocycles. The molecule has 0 unspecified atom stereocenters. The van der Waals surface area contributed by atoms with Crippen LogP contribution in [0.15, 0.2) is 34.7 Å². The average Bonchev–Trinajstić information content (AvgIpc) is 2.79. The van der Waals surface area contributed by atoms with Crippen LogP contribution in [0.5, 0.6) is 0 Å². The Morgan fingerprint density at radius 2 is 2.00 bits per heavy atom. The minimum atomic E-state index is -0.197. The lowest BCUT2D eigenvalue weighted by molar-refractivity contribution is -0.120. The maximum Gasteiger partial charge on any atom is 0.233 e. The van der Waals surface area contributed by atoms with E-state index >= 15 is 0 Å². The van der Waals surface area contributed by atoms with Crippen molar-refractivity contribution >= 4 is 41.2 Å². The Kier molecular flexibility index (Phi) is 5.55. The van der Waals surface area contributed by atoms with Crippen molar-refractivity contribution in [3.8, 4) is 5.69 Å². The summed E-state index contributed by atoms with van der Waals surface area (Å²) in [6.07, 6.45) is 0. The van der Waals surface area contributed by atoms with Gasteiger partial charge in [0.1, 0.15) is 0 Å². The fourth-order valence-corrected chi connectivity index (χ4v) is 4.16. The molecule has 4 nitrogen and oxygen atoms in total. The normalized spacial score (nSPS) is 12.4. The Bertz CT molecular complexity index is 664. The Morgan fingerprint density at radius 1 is 1.33 bits per heavy atom. The van der Waals surface area contributed by atoms with Crippen molar-refractivity contribution in [2.75, 3.05) is 0 Å². The largest absolute Gasteiger partial charge is 0.353 e. The van der Waals surface area contributed by atoms with Gasteiger partial charge >= 0.3 is 0 Å². The number of aromatic nitrogens is 2. The van der Waals surface area contributed by atoms with Gasteiger partial charge in [-0.2, -0.15) is 0 Å². The molecule has 0 fully saturated rings. The molecule has 112 valence electrons. The second-order valence-electron chi connectivity index (χ2n) is 4.80. The van der Waals surface area contributed by atoms with Gasteiger partial charge in [0.25, 0.3) is 0 Å². The van der Waals surface area contributed by atoms with E-state index < -0.39 is 0 Å². The van der Waals surface area contributed by atoms with E-state index in [4.69, 9.17) is 12.2 Å². The van der Waals surface area contributed by atoms with E-state index in [1.54, 1.807) is 4.68 Å². The molecule has 2 rings (SSSR count). The van der Waals surface area contributed by atoms with Crippen LogP contribution in [-0.2, 0) is 4.79 Å². The molecule has 0 aliphatic heterocycles. The maximum absolute atomic E-state index is 11.9. The van der Waals surface area contributed by atoms with Crippen LogP contribution in [0.4, 0.5) is 0 Å². The second-order valence-corrected chi connectivity index (χ2v) is 8.02. The maximum atomic E-state index is 11.9. The fraction of sp³-hybridized carbons (Fsp3) is 0.357. The molecule has 1 aromatic carbocycles. The first-order valence-electron chi connectivity index (χ1n) is 6.60. The van der Waals surface area contributed by atoms with Crippen LogP contribution in [0.1, 0.15) is 20.8 Å². The monoisotopic (exact) mass is 339 g/mol. The molecule has 1 atom stereocenters. The van der Waals surface area contributed by atoms with Gasteiger partial charge in [0.05, 0.1) is 10.9 Å². The van der Waals surface area contributed by atoms with Crippen LogP contribution in [-0.4, -0.2) is 27.0 Å². The van der Waals surface area contributed by atoms with Gasteiger partial charge in [-0.05, 0) is 45.1 Å². The minimum absolute atomic E-state index is 0.0161. The van der Waals surface area contributed by atoms with Crippen LogP contribution < -0.4 is 5.32 Å². The highest BCUT2D eigenvalue weighted by Gasteiger charge is 2.17. The van der Waals surface area contributed by atoms with Gasteiger partial charge in [-0.1, -0.05) is 41.3 Å². The highest BCUT2D eigenvalue weighted by Crippen LogP contribution is 2.27. The molecule has 0 bridgehead atoms. The lowest BCUT2D eigenvalue weighted by Crippen LogP contribution is -2.35. The van der Waals surface area contributed by atoms with Gasteiger partial charge in [0.15, 0.2) is 8.29 Å². The van der Waals surface area contributed by atoms with E-state index in [1.165, 1.54) is 23.1 Å². The molecule has 0 saturated carbocycles. The van der Waals surface area contributed by atoms with Gasteiger partial charge in [-0.25, -0.2) is 4.68 Å². The van der Waals surface area contributed by atoms with Crippen LogP contribution in [0.2, 0.25) is 0 Å². The molecule has 0 saturated heterocycles. The third-order valence-corrected chi connectivity index (χ3v) is 5.02. The molecule has 0 spiro atoms. The standard InChI is InChI=1S/C14H17N3OS3/c1-9(2)15-12(18)10(3)20-13-16-17(14(19)21-13)11-7-5-4-6-8-11/h4-10H,1-3H3,(H,15,18)/t10-/m0/s1. The van der Waals surface area contributed by atoms with Crippen LogP contribution in [0.25, 0.3) is 5.69 Å². The lowest BCUT2D eigenvalue weighted by Gasteiger charge is -2.12. The molecule has 0 aliphatic carbocycles. The highest BCUT2D eigenvalue weighted by molar-refractivity contribution is 8.02.